The van der Waals surface area contributed by atoms with Crippen LogP contribution in [0.5, 0.6) is 0 Å². The molecule has 5 nitrogen and oxygen atoms in total. The molecule has 0 saturated carbocycles. The lowest BCUT2D eigenvalue weighted by Gasteiger charge is -2.09. The van der Waals surface area contributed by atoms with Crippen LogP contribution >= 0.6 is 0 Å². The Morgan fingerprint density at radius 2 is 2.18 bits per heavy atom. The molecule has 0 aliphatic rings. The van der Waals surface area contributed by atoms with Crippen molar-refractivity contribution in [3.8, 4) is 0 Å². The molecule has 1 aromatic rings. The summed E-state index contributed by atoms with van der Waals surface area (Å²) in [6.07, 6.45) is -1.30. The Balaban J connectivity index is 2.88. The van der Waals surface area contributed by atoms with Gasteiger partial charge in [0, 0.05) is 5.92 Å². The highest BCUT2D eigenvalue weighted by molar-refractivity contribution is 5.96. The van der Waals surface area contributed by atoms with Crippen LogP contribution in [0.4, 0.5) is 14.5 Å². The molecule has 0 bridgehead atoms. The number of nitrogens with zero attached hydrogens (tertiary/aromatic N) is 2. The van der Waals surface area contributed by atoms with Crippen molar-refractivity contribution in [1.29, 1.82) is 0 Å². The summed E-state index contributed by atoms with van der Waals surface area (Å²) in [5.41, 5.74) is 5.53. The van der Waals surface area contributed by atoms with Crippen LogP contribution in [0.25, 0.3) is 0 Å². The van der Waals surface area contributed by atoms with Gasteiger partial charge in [-0.15, -0.1) is 0 Å². The highest BCUT2D eigenvalue weighted by Gasteiger charge is 2.15. The van der Waals surface area contributed by atoms with Gasteiger partial charge in [0.1, 0.15) is 5.82 Å². The lowest BCUT2D eigenvalue weighted by atomic mass is 10.2. The molecule has 0 atom stereocenters. The van der Waals surface area contributed by atoms with E-state index in [9.17, 15) is 13.6 Å². The van der Waals surface area contributed by atoms with Crippen LogP contribution in [0.1, 0.15) is 36.1 Å². The Kier molecular flexibility index (Phi) is 4.30. The minimum atomic E-state index is -2.61. The second kappa shape index (κ2) is 5.51. The zero-order chi connectivity index (χ0) is 13.0. The van der Waals surface area contributed by atoms with Crippen LogP contribution in [0, 0.1) is 0 Å². The Labute approximate surface area is 97.4 Å². The molecule has 0 saturated heterocycles. The molecule has 1 rings (SSSR count). The van der Waals surface area contributed by atoms with E-state index in [1.54, 1.807) is 0 Å². The topological polar surface area (TPSA) is 80.9 Å². The second-order valence-corrected chi connectivity index (χ2v) is 3.79. The van der Waals surface area contributed by atoms with Crippen molar-refractivity contribution < 1.29 is 13.6 Å². The van der Waals surface area contributed by atoms with Crippen LogP contribution in [-0.2, 0) is 0 Å². The summed E-state index contributed by atoms with van der Waals surface area (Å²) < 4.78 is 23.9. The number of nitrogen functional groups attached to an aromatic ring is 1. The average Bonchev–Trinajstić information content (AvgIpc) is 2.26. The van der Waals surface area contributed by atoms with E-state index in [1.165, 1.54) is 6.20 Å². The number of halogens is 2. The third-order valence-electron chi connectivity index (χ3n) is 1.98. The number of nitrogens with one attached hydrogen (secondary N) is 1. The average molecular weight is 244 g/mol. The second-order valence-electron chi connectivity index (χ2n) is 3.79. The van der Waals surface area contributed by atoms with E-state index >= 15 is 0 Å². The Bertz CT molecular complexity index is 409. The summed E-state index contributed by atoms with van der Waals surface area (Å²) in [6, 6.07) is 0. The molecule has 7 heteroatoms. The van der Waals surface area contributed by atoms with Gasteiger partial charge in [0.25, 0.3) is 12.3 Å². The van der Waals surface area contributed by atoms with Crippen LogP contribution in [0.3, 0.4) is 0 Å². The molecule has 3 N–H and O–H groups in total. The molecular formula is C10H14F2N4O. The minimum Gasteiger partial charge on any atom is -0.396 e. The fourth-order valence-electron chi connectivity index (χ4n) is 1.12. The first kappa shape index (κ1) is 13.3. The minimum absolute atomic E-state index is 0.0252. The summed E-state index contributed by atoms with van der Waals surface area (Å²) in [4.78, 5) is 19.4. The third-order valence-corrected chi connectivity index (χ3v) is 1.98. The first-order valence-corrected chi connectivity index (χ1v) is 5.10. The van der Waals surface area contributed by atoms with E-state index in [0.29, 0.717) is 5.82 Å². The van der Waals surface area contributed by atoms with Gasteiger partial charge in [0.05, 0.1) is 18.4 Å². The number of rotatable bonds is 4. The standard InChI is InChI=1S/C10H14F2N4O/c1-5(2)9-14-3-6(13)8(16-9)10(17)15-4-7(11)12/h3,5,7H,4,13H2,1-2H3,(H,15,17). The molecule has 0 aliphatic carbocycles. The molecule has 94 valence electrons. The van der Waals surface area contributed by atoms with Crippen molar-refractivity contribution in [1.82, 2.24) is 15.3 Å². The van der Waals surface area contributed by atoms with Gasteiger partial charge < -0.3 is 11.1 Å². The molecule has 0 radical (unpaired) electrons. The Morgan fingerprint density at radius 3 is 2.71 bits per heavy atom. The summed E-state index contributed by atoms with van der Waals surface area (Å²) in [5, 5.41) is 2.05. The van der Waals surface area contributed by atoms with Crippen molar-refractivity contribution in [2.75, 3.05) is 12.3 Å². The SMILES string of the molecule is CC(C)c1ncc(N)c(C(=O)NCC(F)F)n1. The van der Waals surface area contributed by atoms with Crippen LogP contribution in [0.2, 0.25) is 0 Å². The third kappa shape index (κ3) is 3.61. The van der Waals surface area contributed by atoms with Gasteiger partial charge in [-0.2, -0.15) is 0 Å². The molecule has 1 heterocycles. The number of hydrogen-bond donors (Lipinski definition) is 2. The number of alkyl halides is 2. The van der Waals surface area contributed by atoms with Crippen molar-refractivity contribution >= 4 is 11.6 Å². The molecular weight excluding hydrogens is 230 g/mol. The van der Waals surface area contributed by atoms with Gasteiger partial charge in [-0.25, -0.2) is 18.7 Å². The first-order chi connectivity index (χ1) is 7.91. The maximum atomic E-state index is 11.9. The van der Waals surface area contributed by atoms with Gasteiger partial charge in [0.2, 0.25) is 0 Å². The summed E-state index contributed by atoms with van der Waals surface area (Å²) in [6.45, 7) is 2.98. The van der Waals surface area contributed by atoms with E-state index in [4.69, 9.17) is 5.73 Å². The molecule has 0 aliphatic heterocycles. The van der Waals surface area contributed by atoms with Crippen molar-refractivity contribution in [3.05, 3.63) is 17.7 Å². The molecule has 0 unspecified atom stereocenters. The lowest BCUT2D eigenvalue weighted by molar-refractivity contribution is 0.0887. The van der Waals surface area contributed by atoms with Crippen molar-refractivity contribution in [2.45, 2.75) is 26.2 Å². The van der Waals surface area contributed by atoms with Gasteiger partial charge in [0.15, 0.2) is 5.69 Å². The van der Waals surface area contributed by atoms with E-state index < -0.39 is 18.9 Å². The fourth-order valence-corrected chi connectivity index (χ4v) is 1.12. The maximum absolute atomic E-state index is 11.9. The molecule has 0 spiro atoms. The summed E-state index contributed by atoms with van der Waals surface area (Å²) in [5.74, 6) is -0.245. The Hall–Kier alpha value is -1.79. The number of carbonyl (C=O) groups excluding carboxylic acids is 1. The highest BCUT2D eigenvalue weighted by Crippen LogP contribution is 2.13. The fraction of sp³-hybridized carbons (Fsp3) is 0.500. The quantitative estimate of drug-likeness (QED) is 0.833. The highest BCUT2D eigenvalue weighted by atomic mass is 19.3. The number of nitrogens with two attached hydrogens (primary N) is 1. The molecule has 1 amide bonds. The van der Waals surface area contributed by atoms with Gasteiger partial charge >= 0.3 is 0 Å². The number of anilines is 1. The largest absolute Gasteiger partial charge is 0.396 e. The molecule has 0 aromatic carbocycles. The van der Waals surface area contributed by atoms with E-state index in [0.717, 1.165) is 0 Å². The van der Waals surface area contributed by atoms with E-state index in [1.807, 2.05) is 19.2 Å². The molecule has 17 heavy (non-hydrogen) atoms. The van der Waals surface area contributed by atoms with E-state index in [2.05, 4.69) is 9.97 Å². The monoisotopic (exact) mass is 244 g/mol. The maximum Gasteiger partial charge on any atom is 0.272 e. The molecule has 0 fully saturated rings. The normalized spacial score (nSPS) is 10.9. The zero-order valence-corrected chi connectivity index (χ0v) is 9.58. The van der Waals surface area contributed by atoms with Crippen LogP contribution in [0.15, 0.2) is 6.20 Å². The van der Waals surface area contributed by atoms with E-state index in [-0.39, 0.29) is 17.3 Å². The summed E-state index contributed by atoms with van der Waals surface area (Å²) in [7, 11) is 0. The lowest BCUT2D eigenvalue weighted by Crippen LogP contribution is -2.30. The van der Waals surface area contributed by atoms with Gasteiger partial charge in [-0.3, -0.25) is 4.79 Å². The number of carbonyl (C=O) groups is 1. The zero-order valence-electron chi connectivity index (χ0n) is 9.58. The Morgan fingerprint density at radius 1 is 1.53 bits per heavy atom. The van der Waals surface area contributed by atoms with Crippen molar-refractivity contribution in [2.24, 2.45) is 0 Å². The van der Waals surface area contributed by atoms with Gasteiger partial charge in [-0.05, 0) is 0 Å². The van der Waals surface area contributed by atoms with Gasteiger partial charge in [-0.1, -0.05) is 13.8 Å². The number of aromatic nitrogens is 2. The predicted molar refractivity (Wildman–Crippen MR) is 58.9 cm³/mol. The first-order valence-electron chi connectivity index (χ1n) is 5.10. The number of hydrogen-bond acceptors (Lipinski definition) is 4. The smallest absolute Gasteiger partial charge is 0.272 e. The van der Waals surface area contributed by atoms with Crippen LogP contribution < -0.4 is 11.1 Å². The van der Waals surface area contributed by atoms with Crippen molar-refractivity contribution in [3.63, 3.8) is 0 Å². The number of amides is 1. The van der Waals surface area contributed by atoms with Crippen LogP contribution in [-0.4, -0.2) is 28.8 Å². The predicted octanol–water partition coefficient (Wildman–Crippen LogP) is 1.18. The molecule has 1 aromatic heterocycles. The summed E-state index contributed by atoms with van der Waals surface area (Å²) >= 11 is 0.